The van der Waals surface area contributed by atoms with Crippen molar-refractivity contribution in [3.8, 4) is 6.07 Å². The highest BCUT2D eigenvalue weighted by atomic mass is 19.3. The molecule has 2 atom stereocenters. The van der Waals surface area contributed by atoms with Crippen molar-refractivity contribution in [1.29, 1.82) is 5.26 Å². The average molecular weight is 605 g/mol. The molecule has 1 saturated heterocycles. The predicted molar refractivity (Wildman–Crippen MR) is 168 cm³/mol. The van der Waals surface area contributed by atoms with Crippen LogP contribution in [0.3, 0.4) is 0 Å². The number of aromatic nitrogens is 2. The van der Waals surface area contributed by atoms with Crippen molar-refractivity contribution in [1.82, 2.24) is 14.9 Å². The van der Waals surface area contributed by atoms with Gasteiger partial charge in [0.1, 0.15) is 23.3 Å². The Labute approximate surface area is 259 Å². The number of rotatable bonds is 1. The van der Waals surface area contributed by atoms with Crippen molar-refractivity contribution >= 4 is 17.7 Å². The van der Waals surface area contributed by atoms with Crippen molar-refractivity contribution in [3.05, 3.63) is 64.4 Å². The quantitative estimate of drug-likeness (QED) is 0.353. The molecule has 6 nitrogen and oxygen atoms in total. The van der Waals surface area contributed by atoms with E-state index in [0.717, 1.165) is 61.8 Å². The lowest BCUT2D eigenvalue weighted by molar-refractivity contribution is -0.0907. The Balaban J connectivity index is 1.41. The van der Waals surface area contributed by atoms with Crippen LogP contribution in [0.2, 0.25) is 0 Å². The molecule has 1 aromatic carbocycles. The molecule has 0 amide bonds. The van der Waals surface area contributed by atoms with E-state index in [1.807, 2.05) is 13.0 Å². The summed E-state index contributed by atoms with van der Waals surface area (Å²) in [6.45, 7) is 12.1. The number of fused-ring (bicyclic) bond motifs is 9. The van der Waals surface area contributed by atoms with E-state index in [0.29, 0.717) is 56.0 Å². The SMILES string of the molecule is C=C1C(C2(C#N)CC2)=Cc2c3nc(C)nc2N1CCCCCCC(C)N1CCC(CC1)C(F)(F)c1cccc(c1F)[C@@H](C)N3. The number of benzene rings is 1. The molecule has 234 valence electrons. The number of nitrogens with one attached hydrogen (secondary N) is 1. The summed E-state index contributed by atoms with van der Waals surface area (Å²) in [6.07, 6.45) is 9.36. The molecule has 0 spiro atoms. The fraction of sp³-hybridized carbons (Fsp3) is 0.571. The van der Waals surface area contributed by atoms with E-state index in [1.165, 1.54) is 12.1 Å². The molecule has 2 aromatic rings. The number of nitrogens with zero attached hydrogens (tertiary/aromatic N) is 5. The van der Waals surface area contributed by atoms with Gasteiger partial charge in [-0.2, -0.15) is 5.26 Å². The van der Waals surface area contributed by atoms with E-state index in [2.05, 4.69) is 34.7 Å². The molecule has 2 fully saturated rings. The molecule has 5 aliphatic rings. The molecule has 4 aliphatic heterocycles. The maximum atomic E-state index is 16.1. The van der Waals surface area contributed by atoms with Crippen molar-refractivity contribution in [2.24, 2.45) is 11.3 Å². The molecule has 1 aromatic heterocycles. The van der Waals surface area contributed by atoms with Crippen LogP contribution in [0, 0.1) is 35.4 Å². The number of anilines is 2. The lowest BCUT2D eigenvalue weighted by atomic mass is 9.84. The normalized spacial score (nSPS) is 28.2. The Morgan fingerprint density at radius 1 is 1.02 bits per heavy atom. The predicted octanol–water partition coefficient (Wildman–Crippen LogP) is 8.27. The zero-order valence-electron chi connectivity index (χ0n) is 26.1. The van der Waals surface area contributed by atoms with Crippen LogP contribution in [0.15, 0.2) is 36.0 Å². The van der Waals surface area contributed by atoms with Crippen LogP contribution in [0.25, 0.3) is 6.08 Å². The van der Waals surface area contributed by atoms with Gasteiger partial charge >= 0.3 is 0 Å². The Morgan fingerprint density at radius 2 is 1.75 bits per heavy atom. The number of piperidine rings is 1. The molecule has 0 radical (unpaired) electrons. The third-order valence-electron chi connectivity index (χ3n) is 10.3. The fourth-order valence-electron chi connectivity index (χ4n) is 7.33. The van der Waals surface area contributed by atoms with Gasteiger partial charge in [0.15, 0.2) is 0 Å². The number of hydrogen-bond donors (Lipinski definition) is 1. The minimum Gasteiger partial charge on any atom is -0.363 e. The average Bonchev–Trinajstić information content (AvgIpc) is 3.80. The topological polar surface area (TPSA) is 68.1 Å². The van der Waals surface area contributed by atoms with Gasteiger partial charge in [0.2, 0.25) is 0 Å². The van der Waals surface area contributed by atoms with Crippen molar-refractivity contribution in [2.45, 2.75) is 96.6 Å². The minimum atomic E-state index is -3.27. The van der Waals surface area contributed by atoms with Gasteiger partial charge < -0.3 is 15.1 Å². The summed E-state index contributed by atoms with van der Waals surface area (Å²) in [6, 6.07) is 6.52. The van der Waals surface area contributed by atoms with Crippen LogP contribution in [0.5, 0.6) is 0 Å². The van der Waals surface area contributed by atoms with Gasteiger partial charge in [-0.1, -0.05) is 44.0 Å². The number of nitriles is 1. The number of alkyl halides is 2. The van der Waals surface area contributed by atoms with E-state index in [-0.39, 0.29) is 5.56 Å². The standard InChI is InChI=1S/C35H43F3N6/c1-22-10-7-5-6-8-17-44-24(3)30(34(21-39)15-16-34)20-28-32(41-25(4)42-33(28)44)40-23(2)27-11-9-12-29(31(27)36)35(37,38)26-13-18-43(22)19-14-26/h9,11-12,20,22-23,26H,3,5-8,10,13-19H2,1-2,4H3,(H,40,41,42)/t22?,23-/m1/s1. The lowest BCUT2D eigenvalue weighted by Gasteiger charge is -2.39. The Bertz CT molecular complexity index is 1500. The maximum Gasteiger partial charge on any atom is 0.278 e. The van der Waals surface area contributed by atoms with Gasteiger partial charge in [-0.3, -0.25) is 0 Å². The zero-order chi connectivity index (χ0) is 31.2. The molecular formula is C35H43F3N6. The van der Waals surface area contributed by atoms with Crippen LogP contribution in [-0.4, -0.2) is 40.5 Å². The lowest BCUT2D eigenvalue weighted by Crippen LogP contribution is -2.43. The summed E-state index contributed by atoms with van der Waals surface area (Å²) in [5, 5.41) is 13.4. The van der Waals surface area contributed by atoms with E-state index in [4.69, 9.17) is 9.97 Å². The number of hydrogen-bond acceptors (Lipinski definition) is 6. The number of allylic oxidation sites excluding steroid dienone is 1. The second-order valence-corrected chi connectivity index (χ2v) is 13.3. The van der Waals surface area contributed by atoms with Crippen LogP contribution < -0.4 is 10.2 Å². The fourth-order valence-corrected chi connectivity index (χ4v) is 7.33. The van der Waals surface area contributed by atoms with Gasteiger partial charge in [0.25, 0.3) is 5.92 Å². The molecule has 1 unspecified atom stereocenters. The monoisotopic (exact) mass is 604 g/mol. The largest absolute Gasteiger partial charge is 0.363 e. The van der Waals surface area contributed by atoms with E-state index < -0.39 is 34.7 Å². The van der Waals surface area contributed by atoms with Gasteiger partial charge in [-0.25, -0.2) is 23.1 Å². The summed E-state index contributed by atoms with van der Waals surface area (Å²) < 4.78 is 48.0. The first kappa shape index (κ1) is 30.6. The van der Waals surface area contributed by atoms with Crippen LogP contribution >= 0.6 is 0 Å². The smallest absolute Gasteiger partial charge is 0.278 e. The minimum absolute atomic E-state index is 0.168. The molecule has 1 aliphatic carbocycles. The van der Waals surface area contributed by atoms with Crippen LogP contribution in [0.4, 0.5) is 24.8 Å². The zero-order valence-corrected chi connectivity index (χ0v) is 26.1. The summed E-state index contributed by atoms with van der Waals surface area (Å²) in [5.74, 6) is -3.30. The van der Waals surface area contributed by atoms with E-state index in [9.17, 15) is 5.26 Å². The van der Waals surface area contributed by atoms with Crippen molar-refractivity contribution in [3.63, 3.8) is 0 Å². The third kappa shape index (κ3) is 5.51. The molecule has 44 heavy (non-hydrogen) atoms. The van der Waals surface area contributed by atoms with Crippen molar-refractivity contribution in [2.75, 3.05) is 29.9 Å². The molecule has 9 heteroatoms. The second-order valence-electron chi connectivity index (χ2n) is 13.3. The first-order valence-corrected chi connectivity index (χ1v) is 16.2. The van der Waals surface area contributed by atoms with Gasteiger partial charge in [-0.15, -0.1) is 0 Å². The van der Waals surface area contributed by atoms with Gasteiger partial charge in [0.05, 0.1) is 28.7 Å². The first-order valence-electron chi connectivity index (χ1n) is 16.2. The number of halogens is 3. The van der Waals surface area contributed by atoms with E-state index in [1.54, 1.807) is 13.0 Å². The number of aryl methyl sites for hydroxylation is 1. The van der Waals surface area contributed by atoms with Gasteiger partial charge in [0, 0.05) is 29.8 Å². The Kier molecular flexibility index (Phi) is 8.25. The highest BCUT2D eigenvalue weighted by Gasteiger charge is 2.50. The maximum absolute atomic E-state index is 16.1. The highest BCUT2D eigenvalue weighted by molar-refractivity contribution is 5.84. The molecule has 8 bridgehead atoms. The highest BCUT2D eigenvalue weighted by Crippen LogP contribution is 2.56. The summed E-state index contributed by atoms with van der Waals surface area (Å²) in [5.41, 5.74) is 1.45. The second kappa shape index (κ2) is 11.8. The van der Waals surface area contributed by atoms with E-state index >= 15 is 13.2 Å². The van der Waals surface area contributed by atoms with Crippen LogP contribution in [0.1, 0.15) is 100 Å². The van der Waals surface area contributed by atoms with Crippen LogP contribution in [-0.2, 0) is 5.92 Å². The summed E-state index contributed by atoms with van der Waals surface area (Å²) in [7, 11) is 0. The molecule has 1 N–H and O–H groups in total. The molecule has 7 rings (SSSR count). The molecule has 5 heterocycles. The first-order chi connectivity index (χ1) is 21.1. The Morgan fingerprint density at radius 3 is 2.45 bits per heavy atom. The Hall–Kier alpha value is -3.38. The molecule has 1 saturated carbocycles. The third-order valence-corrected chi connectivity index (χ3v) is 10.3. The van der Waals surface area contributed by atoms with Gasteiger partial charge in [-0.05, 0) is 84.0 Å². The summed E-state index contributed by atoms with van der Waals surface area (Å²) in [4.78, 5) is 13.9. The molecular weight excluding hydrogens is 561 g/mol. The van der Waals surface area contributed by atoms with Crippen molar-refractivity contribution < 1.29 is 13.2 Å². The summed E-state index contributed by atoms with van der Waals surface area (Å²) >= 11 is 0.